The van der Waals surface area contributed by atoms with E-state index in [0.717, 1.165) is 11.3 Å². The summed E-state index contributed by atoms with van der Waals surface area (Å²) >= 11 is 11.2. The third-order valence-corrected chi connectivity index (χ3v) is 3.86. The Balaban J connectivity index is 2.08. The Labute approximate surface area is 138 Å². The predicted octanol–water partition coefficient (Wildman–Crippen LogP) is 1.87. The number of anilines is 1. The molecular weight excluding hydrogens is 326 g/mol. The summed E-state index contributed by atoms with van der Waals surface area (Å²) in [6, 6.07) is 5.34. The molecule has 1 aliphatic heterocycles. The lowest BCUT2D eigenvalue weighted by molar-refractivity contribution is -0.150. The van der Waals surface area contributed by atoms with Crippen LogP contribution in [0.3, 0.4) is 0 Å². The molecule has 118 valence electrons. The highest BCUT2D eigenvalue weighted by Crippen LogP contribution is 2.20. The van der Waals surface area contributed by atoms with Crippen molar-refractivity contribution in [3.05, 3.63) is 28.8 Å². The van der Waals surface area contributed by atoms with Gasteiger partial charge in [0.25, 0.3) is 0 Å². The third-order valence-electron chi connectivity index (χ3n) is 3.30. The van der Waals surface area contributed by atoms with Gasteiger partial charge in [0.15, 0.2) is 5.11 Å². The van der Waals surface area contributed by atoms with Crippen molar-refractivity contribution in [2.24, 2.45) is 5.92 Å². The van der Waals surface area contributed by atoms with Crippen LogP contribution in [-0.2, 0) is 14.3 Å². The van der Waals surface area contributed by atoms with Gasteiger partial charge in [0, 0.05) is 17.1 Å². The number of hydrogen-bond donors (Lipinski definition) is 2. The van der Waals surface area contributed by atoms with Crippen molar-refractivity contribution in [3.8, 4) is 0 Å². The van der Waals surface area contributed by atoms with Crippen LogP contribution in [0.1, 0.15) is 12.0 Å². The molecule has 1 heterocycles. The number of nitrogens with zero attached hydrogens (tertiary/aromatic N) is 1. The number of rotatable bonds is 2. The van der Waals surface area contributed by atoms with Crippen LogP contribution >= 0.6 is 23.8 Å². The summed E-state index contributed by atoms with van der Waals surface area (Å²) in [7, 11) is 1.30. The number of nitrogens with one attached hydrogen (secondary N) is 2. The van der Waals surface area contributed by atoms with E-state index < -0.39 is 11.9 Å². The van der Waals surface area contributed by atoms with Crippen LogP contribution in [-0.4, -0.2) is 35.7 Å². The van der Waals surface area contributed by atoms with Crippen LogP contribution in [0.25, 0.3) is 0 Å². The maximum Gasteiger partial charge on any atom is 0.311 e. The molecule has 1 fully saturated rings. The lowest BCUT2D eigenvalue weighted by Gasteiger charge is -2.33. The van der Waals surface area contributed by atoms with E-state index in [2.05, 4.69) is 10.7 Å². The number of benzene rings is 1. The number of carbonyl (C=O) groups is 2. The summed E-state index contributed by atoms with van der Waals surface area (Å²) in [6.07, 6.45) is 0.0890. The number of methoxy groups -OCH3 is 1. The van der Waals surface area contributed by atoms with Crippen molar-refractivity contribution in [2.75, 3.05) is 19.0 Å². The monoisotopic (exact) mass is 341 g/mol. The van der Waals surface area contributed by atoms with Gasteiger partial charge in [-0.15, -0.1) is 0 Å². The van der Waals surface area contributed by atoms with Crippen molar-refractivity contribution >= 4 is 46.5 Å². The van der Waals surface area contributed by atoms with Gasteiger partial charge in [-0.25, -0.2) is 0 Å². The number of hydrogen-bond acceptors (Lipinski definition) is 4. The van der Waals surface area contributed by atoms with Crippen LogP contribution in [0.4, 0.5) is 5.69 Å². The zero-order valence-corrected chi connectivity index (χ0v) is 13.8. The number of thiocarbonyl (C=S) groups is 1. The van der Waals surface area contributed by atoms with Gasteiger partial charge in [-0.2, -0.15) is 0 Å². The fraction of sp³-hybridized carbons (Fsp3) is 0.357. The molecule has 1 unspecified atom stereocenters. The molecular formula is C14H16ClN3O3S. The first-order valence-electron chi connectivity index (χ1n) is 6.62. The highest BCUT2D eigenvalue weighted by Gasteiger charge is 2.32. The lowest BCUT2D eigenvalue weighted by atomic mass is 10.0. The molecule has 0 aliphatic carbocycles. The molecule has 0 radical (unpaired) electrons. The van der Waals surface area contributed by atoms with Crippen LogP contribution in [0, 0.1) is 12.8 Å². The Morgan fingerprint density at radius 2 is 2.27 bits per heavy atom. The Hall–Kier alpha value is -1.86. The minimum Gasteiger partial charge on any atom is -0.469 e. The first-order valence-corrected chi connectivity index (χ1v) is 7.41. The van der Waals surface area contributed by atoms with E-state index in [9.17, 15) is 9.59 Å². The number of aryl methyl sites for hydroxylation is 1. The smallest absolute Gasteiger partial charge is 0.311 e. The average Bonchev–Trinajstić information content (AvgIpc) is 2.48. The molecule has 1 amide bonds. The van der Waals surface area contributed by atoms with Gasteiger partial charge in [0.2, 0.25) is 5.91 Å². The van der Waals surface area contributed by atoms with Gasteiger partial charge in [0.05, 0.1) is 19.6 Å². The molecule has 2 rings (SSSR count). The first kappa shape index (κ1) is 16.5. The Morgan fingerprint density at radius 1 is 1.55 bits per heavy atom. The van der Waals surface area contributed by atoms with E-state index in [4.69, 9.17) is 28.6 Å². The zero-order chi connectivity index (χ0) is 16.3. The number of amides is 1. The molecule has 1 aliphatic rings. The van der Waals surface area contributed by atoms with Crippen LogP contribution in [0.15, 0.2) is 18.2 Å². The minimum atomic E-state index is -0.537. The fourth-order valence-electron chi connectivity index (χ4n) is 2.16. The first-order chi connectivity index (χ1) is 10.4. The number of esters is 1. The summed E-state index contributed by atoms with van der Waals surface area (Å²) in [5, 5.41) is 5.41. The molecule has 6 nitrogen and oxygen atoms in total. The standard InChI is InChI=1S/C14H16ClN3O3S/c1-8-5-10(15)3-4-11(8)16-14(22)18-7-9(13(20)21-2)6-12(19)17-18/h3-5,9H,6-7H2,1-2H3,(H,16,22)(H,17,19). The van der Waals surface area contributed by atoms with Crippen molar-refractivity contribution in [3.63, 3.8) is 0 Å². The predicted molar refractivity (Wildman–Crippen MR) is 87.4 cm³/mol. The Bertz CT molecular complexity index is 623. The van der Waals surface area contributed by atoms with Crippen LogP contribution in [0.5, 0.6) is 0 Å². The fourth-order valence-corrected chi connectivity index (χ4v) is 2.62. The largest absolute Gasteiger partial charge is 0.469 e. The van der Waals surface area contributed by atoms with Gasteiger partial charge in [0.1, 0.15) is 0 Å². The molecule has 1 aromatic carbocycles. The second-order valence-electron chi connectivity index (χ2n) is 4.96. The highest BCUT2D eigenvalue weighted by atomic mass is 35.5. The molecule has 1 saturated heterocycles. The minimum absolute atomic E-state index is 0.0890. The van der Waals surface area contributed by atoms with Crippen molar-refractivity contribution in [1.82, 2.24) is 10.4 Å². The van der Waals surface area contributed by atoms with Crippen molar-refractivity contribution in [2.45, 2.75) is 13.3 Å². The Morgan fingerprint density at radius 3 is 2.91 bits per heavy atom. The maximum absolute atomic E-state index is 11.7. The zero-order valence-electron chi connectivity index (χ0n) is 12.2. The molecule has 0 bridgehead atoms. The van der Waals surface area contributed by atoms with E-state index in [1.54, 1.807) is 18.2 Å². The van der Waals surface area contributed by atoms with Gasteiger partial charge >= 0.3 is 5.97 Å². The summed E-state index contributed by atoms with van der Waals surface area (Å²) in [4.78, 5) is 23.3. The van der Waals surface area contributed by atoms with Gasteiger partial charge < -0.3 is 10.1 Å². The number of halogens is 1. The van der Waals surface area contributed by atoms with E-state index in [0.29, 0.717) is 10.1 Å². The summed E-state index contributed by atoms with van der Waals surface area (Å²) < 4.78 is 4.69. The normalized spacial score (nSPS) is 17.7. The lowest BCUT2D eigenvalue weighted by Crippen LogP contribution is -2.55. The SMILES string of the molecule is COC(=O)C1CC(=O)NN(C(=S)Nc2ccc(Cl)cc2C)C1. The molecule has 22 heavy (non-hydrogen) atoms. The van der Waals surface area contributed by atoms with Crippen LogP contribution < -0.4 is 10.7 Å². The van der Waals surface area contributed by atoms with Crippen molar-refractivity contribution < 1.29 is 14.3 Å². The second-order valence-corrected chi connectivity index (χ2v) is 5.78. The summed E-state index contributed by atoms with van der Waals surface area (Å²) in [6.45, 7) is 2.15. The van der Waals surface area contributed by atoms with Crippen molar-refractivity contribution in [1.29, 1.82) is 0 Å². The quantitative estimate of drug-likeness (QED) is 0.632. The molecule has 8 heteroatoms. The highest BCUT2D eigenvalue weighted by molar-refractivity contribution is 7.80. The van der Waals surface area contributed by atoms with E-state index in [1.807, 2.05) is 6.92 Å². The van der Waals surface area contributed by atoms with E-state index in [-0.39, 0.29) is 18.9 Å². The number of hydrazine groups is 1. The van der Waals surface area contributed by atoms with E-state index >= 15 is 0 Å². The van der Waals surface area contributed by atoms with Gasteiger partial charge in [-0.3, -0.25) is 20.0 Å². The Kier molecular flexibility index (Phi) is 5.20. The topological polar surface area (TPSA) is 70.7 Å². The molecule has 1 aromatic rings. The molecule has 0 saturated carbocycles. The summed E-state index contributed by atoms with van der Waals surface area (Å²) in [5.41, 5.74) is 4.33. The number of carbonyl (C=O) groups excluding carboxylic acids is 2. The maximum atomic E-state index is 11.7. The molecule has 0 aromatic heterocycles. The number of ether oxygens (including phenoxy) is 1. The van der Waals surface area contributed by atoms with E-state index in [1.165, 1.54) is 12.1 Å². The van der Waals surface area contributed by atoms with Gasteiger partial charge in [-0.05, 0) is 42.9 Å². The molecule has 1 atom stereocenters. The van der Waals surface area contributed by atoms with Crippen LogP contribution in [0.2, 0.25) is 5.02 Å². The van der Waals surface area contributed by atoms with Gasteiger partial charge in [-0.1, -0.05) is 11.6 Å². The second kappa shape index (κ2) is 6.93. The molecule has 0 spiro atoms. The third kappa shape index (κ3) is 3.86. The summed E-state index contributed by atoms with van der Waals surface area (Å²) in [5.74, 6) is -1.24. The molecule has 2 N–H and O–H groups in total. The average molecular weight is 342 g/mol.